The molecule has 0 unspecified atom stereocenters. The van der Waals surface area contributed by atoms with Gasteiger partial charge in [-0.1, -0.05) is 0 Å². The maximum absolute atomic E-state index is 12.6. The van der Waals surface area contributed by atoms with Crippen LogP contribution in [-0.2, 0) is 23.6 Å². The van der Waals surface area contributed by atoms with Crippen LogP contribution in [0.5, 0.6) is 0 Å². The molecule has 2 heterocycles. The first-order chi connectivity index (χ1) is 8.84. The molecule has 0 spiro atoms. The smallest absolute Gasteiger partial charge is 0.246 e. The van der Waals surface area contributed by atoms with Gasteiger partial charge in [-0.05, 0) is 13.8 Å². The first-order valence-corrected chi connectivity index (χ1v) is 8.01. The Labute approximate surface area is 116 Å². The van der Waals surface area contributed by atoms with Crippen LogP contribution in [0, 0.1) is 13.8 Å². The number of aromatic nitrogens is 3. The predicted molar refractivity (Wildman–Crippen MR) is 73.4 cm³/mol. The van der Waals surface area contributed by atoms with E-state index in [0.717, 1.165) is 5.01 Å². The molecule has 104 valence electrons. The van der Waals surface area contributed by atoms with Gasteiger partial charge in [-0.25, -0.2) is 13.4 Å². The van der Waals surface area contributed by atoms with E-state index in [1.165, 1.54) is 15.6 Å². The number of nitrogens with zero attached hydrogens (tertiary/aromatic N) is 4. The van der Waals surface area contributed by atoms with Crippen LogP contribution in [0.3, 0.4) is 0 Å². The third-order valence-corrected chi connectivity index (χ3v) is 5.77. The maximum Gasteiger partial charge on any atom is 0.246 e. The van der Waals surface area contributed by atoms with Crippen molar-refractivity contribution in [2.24, 2.45) is 7.05 Å². The zero-order chi connectivity index (χ0) is 14.2. The molecule has 0 aliphatic carbocycles. The van der Waals surface area contributed by atoms with Crippen LogP contribution in [0.1, 0.15) is 16.4 Å². The van der Waals surface area contributed by atoms with Crippen LogP contribution in [0.25, 0.3) is 0 Å². The van der Waals surface area contributed by atoms with E-state index < -0.39 is 10.0 Å². The van der Waals surface area contributed by atoms with Crippen molar-refractivity contribution in [2.75, 3.05) is 7.05 Å². The summed E-state index contributed by atoms with van der Waals surface area (Å²) in [6, 6.07) is 0. The van der Waals surface area contributed by atoms with Gasteiger partial charge in [-0.2, -0.15) is 9.40 Å². The minimum absolute atomic E-state index is 0.272. The molecule has 0 aromatic carbocycles. The molecule has 0 saturated heterocycles. The van der Waals surface area contributed by atoms with Crippen molar-refractivity contribution in [2.45, 2.75) is 25.3 Å². The van der Waals surface area contributed by atoms with Crippen LogP contribution in [0.4, 0.5) is 0 Å². The van der Waals surface area contributed by atoms with Gasteiger partial charge in [0.2, 0.25) is 10.0 Å². The van der Waals surface area contributed by atoms with Gasteiger partial charge in [-0.15, -0.1) is 11.3 Å². The van der Waals surface area contributed by atoms with E-state index >= 15 is 0 Å². The molecule has 2 aromatic rings. The number of sulfonamides is 1. The van der Waals surface area contributed by atoms with Gasteiger partial charge in [-0.3, -0.25) is 4.68 Å². The standard InChI is InChI=1S/C11H16N4O2S2/c1-8-11(9(2)15(4)13-8)19(16,17)14(3)7-10-12-5-6-18-10/h5-6H,7H2,1-4H3. The van der Waals surface area contributed by atoms with Crippen molar-refractivity contribution in [3.8, 4) is 0 Å². The predicted octanol–water partition coefficient (Wildman–Crippen LogP) is 1.31. The largest absolute Gasteiger partial charge is 0.271 e. The van der Waals surface area contributed by atoms with E-state index in [1.54, 1.807) is 38.8 Å². The van der Waals surface area contributed by atoms with Crippen molar-refractivity contribution in [1.29, 1.82) is 0 Å². The van der Waals surface area contributed by atoms with E-state index in [9.17, 15) is 8.42 Å². The highest BCUT2D eigenvalue weighted by molar-refractivity contribution is 7.89. The molecule has 8 heteroatoms. The van der Waals surface area contributed by atoms with E-state index in [1.807, 2.05) is 5.38 Å². The fourth-order valence-corrected chi connectivity index (χ4v) is 4.16. The van der Waals surface area contributed by atoms with Crippen molar-refractivity contribution in [1.82, 2.24) is 19.1 Å². The zero-order valence-electron chi connectivity index (χ0n) is 11.3. The second-order valence-corrected chi connectivity index (χ2v) is 7.27. The molecule has 0 N–H and O–H groups in total. The van der Waals surface area contributed by atoms with Gasteiger partial charge >= 0.3 is 0 Å². The third kappa shape index (κ3) is 2.56. The Balaban J connectivity index is 2.36. The van der Waals surface area contributed by atoms with E-state index in [0.29, 0.717) is 11.4 Å². The van der Waals surface area contributed by atoms with E-state index in [-0.39, 0.29) is 11.4 Å². The molecular formula is C11H16N4O2S2. The Kier molecular flexibility index (Phi) is 3.75. The Bertz CT molecular complexity index is 674. The van der Waals surface area contributed by atoms with Crippen molar-refractivity contribution < 1.29 is 8.42 Å². The van der Waals surface area contributed by atoms with E-state index in [4.69, 9.17) is 0 Å². The van der Waals surface area contributed by atoms with Crippen LogP contribution >= 0.6 is 11.3 Å². The Morgan fingerprint density at radius 2 is 2.11 bits per heavy atom. The van der Waals surface area contributed by atoms with Gasteiger partial charge in [0.25, 0.3) is 0 Å². The summed E-state index contributed by atoms with van der Waals surface area (Å²) in [5.74, 6) is 0. The summed E-state index contributed by atoms with van der Waals surface area (Å²) >= 11 is 1.44. The summed E-state index contributed by atoms with van der Waals surface area (Å²) in [5, 5.41) is 6.75. The SMILES string of the molecule is Cc1nn(C)c(C)c1S(=O)(=O)N(C)Cc1nccs1. The fourth-order valence-electron chi connectivity index (χ4n) is 1.89. The van der Waals surface area contributed by atoms with Gasteiger partial charge in [0.15, 0.2) is 0 Å². The van der Waals surface area contributed by atoms with Crippen LogP contribution in [0.2, 0.25) is 0 Å². The van der Waals surface area contributed by atoms with Crippen LogP contribution in [0.15, 0.2) is 16.5 Å². The van der Waals surface area contributed by atoms with E-state index in [2.05, 4.69) is 10.1 Å². The lowest BCUT2D eigenvalue weighted by molar-refractivity contribution is 0.465. The summed E-state index contributed by atoms with van der Waals surface area (Å²) in [6.07, 6.45) is 1.67. The summed E-state index contributed by atoms with van der Waals surface area (Å²) in [7, 11) is -0.242. The molecule has 0 aliphatic heterocycles. The van der Waals surface area contributed by atoms with Gasteiger partial charge < -0.3 is 0 Å². The molecule has 0 bridgehead atoms. The van der Waals surface area contributed by atoms with Crippen molar-refractivity contribution in [3.05, 3.63) is 28.0 Å². The Morgan fingerprint density at radius 1 is 1.42 bits per heavy atom. The number of thiazole rings is 1. The second kappa shape index (κ2) is 5.03. The number of hydrogen-bond acceptors (Lipinski definition) is 5. The Hall–Kier alpha value is -1.25. The van der Waals surface area contributed by atoms with Crippen LogP contribution in [-0.4, -0.2) is 34.5 Å². The summed E-state index contributed by atoms with van der Waals surface area (Å²) < 4.78 is 28.0. The lowest BCUT2D eigenvalue weighted by Crippen LogP contribution is -2.27. The number of rotatable bonds is 4. The van der Waals surface area contributed by atoms with Crippen molar-refractivity contribution >= 4 is 21.4 Å². The van der Waals surface area contributed by atoms with Gasteiger partial charge in [0, 0.05) is 25.7 Å². The van der Waals surface area contributed by atoms with Gasteiger partial charge in [0.1, 0.15) is 9.90 Å². The minimum Gasteiger partial charge on any atom is -0.271 e. The molecule has 0 atom stereocenters. The lowest BCUT2D eigenvalue weighted by atomic mass is 10.4. The first kappa shape index (κ1) is 14.2. The summed E-state index contributed by atoms with van der Waals surface area (Å²) in [6.45, 7) is 3.73. The Morgan fingerprint density at radius 3 is 2.58 bits per heavy atom. The van der Waals surface area contributed by atoms with Crippen molar-refractivity contribution in [3.63, 3.8) is 0 Å². The molecule has 0 fully saturated rings. The second-order valence-electron chi connectivity index (χ2n) is 4.31. The normalized spacial score (nSPS) is 12.3. The highest BCUT2D eigenvalue weighted by atomic mass is 32.2. The maximum atomic E-state index is 12.6. The molecule has 0 aliphatic rings. The zero-order valence-corrected chi connectivity index (χ0v) is 12.9. The third-order valence-electron chi connectivity index (χ3n) is 2.95. The molecule has 2 rings (SSSR count). The first-order valence-electron chi connectivity index (χ1n) is 5.69. The number of hydrogen-bond donors (Lipinski definition) is 0. The quantitative estimate of drug-likeness (QED) is 0.854. The average Bonchev–Trinajstić information content (AvgIpc) is 2.88. The number of aryl methyl sites for hydroxylation is 2. The van der Waals surface area contributed by atoms with Crippen LogP contribution < -0.4 is 0 Å². The summed E-state index contributed by atoms with van der Waals surface area (Å²) in [5.41, 5.74) is 1.16. The highest BCUT2D eigenvalue weighted by Gasteiger charge is 2.28. The minimum atomic E-state index is -3.54. The fraction of sp³-hybridized carbons (Fsp3) is 0.455. The summed E-state index contributed by atoms with van der Waals surface area (Å²) in [4.78, 5) is 4.39. The molecule has 0 amide bonds. The average molecular weight is 300 g/mol. The molecule has 19 heavy (non-hydrogen) atoms. The molecule has 6 nitrogen and oxygen atoms in total. The lowest BCUT2D eigenvalue weighted by Gasteiger charge is -2.16. The topological polar surface area (TPSA) is 68.1 Å². The molecular weight excluding hydrogens is 284 g/mol. The molecule has 0 saturated carbocycles. The van der Waals surface area contributed by atoms with Gasteiger partial charge in [0.05, 0.1) is 17.9 Å². The highest BCUT2D eigenvalue weighted by Crippen LogP contribution is 2.23. The molecule has 0 radical (unpaired) electrons. The monoisotopic (exact) mass is 300 g/mol. The molecule has 2 aromatic heterocycles.